The first-order valence-electron chi connectivity index (χ1n) is 11.2. The Bertz CT molecular complexity index is 1680. The zero-order chi connectivity index (χ0) is 24.9. The van der Waals surface area contributed by atoms with Gasteiger partial charge in [-0.15, -0.1) is 0 Å². The first-order chi connectivity index (χ1) is 17.6. The number of para-hydroxylation sites is 2. The molecule has 0 spiro atoms. The number of fused-ring (bicyclic) bond motifs is 1. The standard InChI is InChI=1S/C28H20N6O2/c29-16-20(27-31-24-14-8-7-13-23(24)28(36)32-27)15-21-17-34(33-26(21)19-9-3-1-4-10-19)18-25(35)30-22-11-5-2-6-12-22/h1-15,17H,18H2,(H,30,35)(H,31,32,36)/b20-15+. The number of hydrogen-bond acceptors (Lipinski definition) is 5. The lowest BCUT2D eigenvalue weighted by Gasteiger charge is -2.04. The van der Waals surface area contributed by atoms with Gasteiger partial charge >= 0.3 is 0 Å². The van der Waals surface area contributed by atoms with Crippen molar-refractivity contribution >= 4 is 34.1 Å². The molecule has 0 aliphatic carbocycles. The molecule has 174 valence electrons. The third kappa shape index (κ3) is 4.81. The van der Waals surface area contributed by atoms with E-state index < -0.39 is 0 Å². The van der Waals surface area contributed by atoms with Gasteiger partial charge in [0.25, 0.3) is 5.56 Å². The van der Waals surface area contributed by atoms with Crippen LogP contribution in [0.1, 0.15) is 11.4 Å². The zero-order valence-corrected chi connectivity index (χ0v) is 19.1. The number of aromatic nitrogens is 4. The van der Waals surface area contributed by atoms with E-state index in [1.165, 1.54) is 4.68 Å². The molecule has 0 unspecified atom stereocenters. The van der Waals surface area contributed by atoms with E-state index in [4.69, 9.17) is 0 Å². The van der Waals surface area contributed by atoms with Gasteiger partial charge in [0.15, 0.2) is 5.82 Å². The van der Waals surface area contributed by atoms with Gasteiger partial charge in [0.2, 0.25) is 5.91 Å². The number of H-pyrrole nitrogens is 1. The van der Waals surface area contributed by atoms with Gasteiger partial charge in [-0.25, -0.2) is 4.98 Å². The Hall–Kier alpha value is -5.29. The topological polar surface area (TPSA) is 116 Å². The van der Waals surface area contributed by atoms with Gasteiger partial charge < -0.3 is 10.3 Å². The number of allylic oxidation sites excluding steroid dienone is 1. The highest BCUT2D eigenvalue weighted by molar-refractivity contribution is 5.92. The molecule has 0 bridgehead atoms. The van der Waals surface area contributed by atoms with Crippen LogP contribution < -0.4 is 10.9 Å². The largest absolute Gasteiger partial charge is 0.324 e. The molecule has 0 aliphatic heterocycles. The normalized spacial score (nSPS) is 11.2. The molecule has 5 aromatic rings. The van der Waals surface area contributed by atoms with Gasteiger partial charge in [-0.2, -0.15) is 10.4 Å². The number of aromatic amines is 1. The predicted molar refractivity (Wildman–Crippen MR) is 139 cm³/mol. The van der Waals surface area contributed by atoms with Crippen LogP contribution in [0, 0.1) is 11.3 Å². The molecular weight excluding hydrogens is 452 g/mol. The molecule has 0 aliphatic rings. The fourth-order valence-electron chi connectivity index (χ4n) is 3.84. The lowest BCUT2D eigenvalue weighted by Crippen LogP contribution is -2.19. The van der Waals surface area contributed by atoms with Gasteiger partial charge in [0.1, 0.15) is 12.6 Å². The van der Waals surface area contributed by atoms with Crippen LogP contribution in [-0.4, -0.2) is 25.7 Å². The van der Waals surface area contributed by atoms with Crippen LogP contribution in [0.5, 0.6) is 0 Å². The van der Waals surface area contributed by atoms with Crippen molar-refractivity contribution in [2.75, 3.05) is 5.32 Å². The summed E-state index contributed by atoms with van der Waals surface area (Å²) < 4.78 is 1.53. The molecular formula is C28H20N6O2. The summed E-state index contributed by atoms with van der Waals surface area (Å²) in [6.07, 6.45) is 3.32. The molecule has 36 heavy (non-hydrogen) atoms. The Labute approximate surface area is 206 Å². The number of nitriles is 1. The lowest BCUT2D eigenvalue weighted by atomic mass is 10.1. The maximum absolute atomic E-state index is 12.6. The highest BCUT2D eigenvalue weighted by atomic mass is 16.2. The monoisotopic (exact) mass is 472 g/mol. The molecule has 0 saturated carbocycles. The number of nitrogens with zero attached hydrogens (tertiary/aromatic N) is 4. The van der Waals surface area contributed by atoms with E-state index in [1.54, 1.807) is 48.7 Å². The summed E-state index contributed by atoms with van der Waals surface area (Å²) in [7, 11) is 0. The van der Waals surface area contributed by atoms with Crippen molar-refractivity contribution in [3.8, 4) is 17.3 Å². The summed E-state index contributed by atoms with van der Waals surface area (Å²) in [5.74, 6) is -0.0744. The smallest absolute Gasteiger partial charge is 0.259 e. The van der Waals surface area contributed by atoms with E-state index in [2.05, 4.69) is 26.5 Å². The molecule has 2 aromatic heterocycles. The molecule has 0 atom stereocenters. The Morgan fingerprint density at radius 2 is 1.69 bits per heavy atom. The van der Waals surface area contributed by atoms with Gasteiger partial charge in [-0.1, -0.05) is 60.7 Å². The molecule has 8 nitrogen and oxygen atoms in total. The summed E-state index contributed by atoms with van der Waals surface area (Å²) in [6.45, 7) is -0.0183. The van der Waals surface area contributed by atoms with E-state index in [0.29, 0.717) is 27.8 Å². The van der Waals surface area contributed by atoms with E-state index in [1.807, 2.05) is 48.5 Å². The van der Waals surface area contributed by atoms with E-state index in [0.717, 1.165) is 5.56 Å². The number of nitrogens with one attached hydrogen (secondary N) is 2. The SMILES string of the molecule is N#C/C(=C\c1cn(CC(=O)Nc2ccccc2)nc1-c1ccccc1)c1nc2ccccc2c(=O)[nH]1. The molecule has 2 heterocycles. The zero-order valence-electron chi connectivity index (χ0n) is 19.1. The molecule has 2 N–H and O–H groups in total. The van der Waals surface area contributed by atoms with Crippen molar-refractivity contribution in [2.24, 2.45) is 0 Å². The number of hydrogen-bond donors (Lipinski definition) is 2. The number of anilines is 1. The summed E-state index contributed by atoms with van der Waals surface area (Å²) in [4.78, 5) is 32.3. The Balaban J connectivity index is 1.53. The van der Waals surface area contributed by atoms with E-state index in [9.17, 15) is 14.9 Å². The first-order valence-corrected chi connectivity index (χ1v) is 11.2. The third-order valence-electron chi connectivity index (χ3n) is 5.49. The summed E-state index contributed by atoms with van der Waals surface area (Å²) in [5, 5.41) is 17.8. The van der Waals surface area contributed by atoms with Crippen LogP contribution >= 0.6 is 0 Å². The molecule has 0 radical (unpaired) electrons. The predicted octanol–water partition coefficient (Wildman–Crippen LogP) is 4.49. The van der Waals surface area contributed by atoms with Crippen LogP contribution in [0.15, 0.2) is 95.9 Å². The van der Waals surface area contributed by atoms with Crippen LogP contribution in [0.3, 0.4) is 0 Å². The number of carbonyl (C=O) groups excluding carboxylic acids is 1. The minimum absolute atomic E-state index is 0.0183. The van der Waals surface area contributed by atoms with Gasteiger partial charge in [0.05, 0.1) is 22.2 Å². The van der Waals surface area contributed by atoms with Crippen molar-refractivity contribution in [1.29, 1.82) is 5.26 Å². The summed E-state index contributed by atoms with van der Waals surface area (Å²) in [5.41, 5.74) is 3.06. The van der Waals surface area contributed by atoms with Crippen LogP contribution in [-0.2, 0) is 11.3 Å². The molecule has 0 saturated heterocycles. The van der Waals surface area contributed by atoms with Crippen molar-refractivity contribution in [3.05, 3.63) is 113 Å². The minimum Gasteiger partial charge on any atom is -0.324 e. The van der Waals surface area contributed by atoms with Crippen LogP contribution in [0.2, 0.25) is 0 Å². The maximum atomic E-state index is 12.6. The van der Waals surface area contributed by atoms with Crippen molar-refractivity contribution in [1.82, 2.24) is 19.7 Å². The number of benzene rings is 3. The number of rotatable bonds is 6. The minimum atomic E-state index is -0.326. The number of carbonyl (C=O) groups is 1. The molecule has 5 rings (SSSR count). The second-order valence-electron chi connectivity index (χ2n) is 8.01. The van der Waals surface area contributed by atoms with Crippen molar-refractivity contribution < 1.29 is 4.79 Å². The highest BCUT2D eigenvalue weighted by Crippen LogP contribution is 2.26. The second kappa shape index (κ2) is 9.91. The van der Waals surface area contributed by atoms with Crippen molar-refractivity contribution in [2.45, 2.75) is 6.54 Å². The van der Waals surface area contributed by atoms with Crippen LogP contribution in [0.25, 0.3) is 33.8 Å². The van der Waals surface area contributed by atoms with Gasteiger partial charge in [-0.05, 0) is 30.3 Å². The first kappa shape index (κ1) is 22.5. The Morgan fingerprint density at radius 3 is 2.44 bits per heavy atom. The average molecular weight is 473 g/mol. The Morgan fingerprint density at radius 1 is 1.00 bits per heavy atom. The molecule has 8 heteroatoms. The number of amides is 1. The summed E-state index contributed by atoms with van der Waals surface area (Å²) >= 11 is 0. The Kier molecular flexibility index (Phi) is 6.19. The van der Waals surface area contributed by atoms with Crippen LogP contribution in [0.4, 0.5) is 5.69 Å². The quantitative estimate of drug-likeness (QED) is 0.353. The van der Waals surface area contributed by atoms with Gasteiger partial charge in [-0.3, -0.25) is 14.3 Å². The van der Waals surface area contributed by atoms with Crippen molar-refractivity contribution in [3.63, 3.8) is 0 Å². The molecule has 3 aromatic carbocycles. The fourth-order valence-corrected chi connectivity index (χ4v) is 3.84. The highest BCUT2D eigenvalue weighted by Gasteiger charge is 2.15. The average Bonchev–Trinajstić information content (AvgIpc) is 3.30. The summed E-state index contributed by atoms with van der Waals surface area (Å²) in [6, 6.07) is 27.7. The van der Waals surface area contributed by atoms with Gasteiger partial charge in [0, 0.05) is 23.0 Å². The molecule has 0 fully saturated rings. The van der Waals surface area contributed by atoms with E-state index in [-0.39, 0.29) is 29.4 Å². The third-order valence-corrected chi connectivity index (χ3v) is 5.49. The maximum Gasteiger partial charge on any atom is 0.259 e. The van der Waals surface area contributed by atoms with E-state index >= 15 is 0 Å². The fraction of sp³-hybridized carbons (Fsp3) is 0.0357. The molecule has 1 amide bonds. The second-order valence-corrected chi connectivity index (χ2v) is 8.01. The lowest BCUT2D eigenvalue weighted by molar-refractivity contribution is -0.116.